The van der Waals surface area contributed by atoms with E-state index >= 15 is 0 Å². The van der Waals surface area contributed by atoms with Crippen LogP contribution in [0.1, 0.15) is 0 Å². The number of hydrogen-bond acceptors (Lipinski definition) is 4. The van der Waals surface area contributed by atoms with Crippen molar-refractivity contribution in [2.75, 3.05) is 13.4 Å². The van der Waals surface area contributed by atoms with Crippen LogP contribution >= 0.6 is 11.8 Å². The molecular weight excluding hydrogens is 194 g/mol. The first kappa shape index (κ1) is 11.1. The smallest absolute Gasteiger partial charge is 0.355 e. The van der Waals surface area contributed by atoms with Gasteiger partial charge in [-0.3, -0.25) is 0 Å². The Labute approximate surface area is 79.4 Å². The van der Waals surface area contributed by atoms with Crippen molar-refractivity contribution in [3.8, 4) is 6.07 Å². The highest BCUT2D eigenvalue weighted by molar-refractivity contribution is 8.13. The summed E-state index contributed by atoms with van der Waals surface area (Å²) in [6.07, 6.45) is 1.77. The number of nitrogens with zero attached hydrogens (tertiary/aromatic N) is 1. The molecule has 0 heterocycles. The number of rotatable bonds is 3. The standard InChI is InChI=1S/C7H8NO2S2/c1-10-6(9)5(4-8)7(11-2)12-3/h2H2,1,3H3/q+1/b7-5-. The number of nitriles is 1. The van der Waals surface area contributed by atoms with E-state index < -0.39 is 5.97 Å². The maximum absolute atomic E-state index is 10.9. The van der Waals surface area contributed by atoms with Gasteiger partial charge in [-0.15, -0.1) is 0 Å². The Kier molecular flexibility index (Phi) is 5.34. The van der Waals surface area contributed by atoms with Crippen LogP contribution in [-0.4, -0.2) is 25.2 Å². The summed E-state index contributed by atoms with van der Waals surface area (Å²) in [5, 5.41) is 8.60. The molecule has 0 aromatic heterocycles. The molecule has 0 rings (SSSR count). The molecule has 0 bridgehead atoms. The molecule has 3 nitrogen and oxygen atoms in total. The Balaban J connectivity index is 4.98. The predicted molar refractivity (Wildman–Crippen MR) is 52.7 cm³/mol. The first-order valence-corrected chi connectivity index (χ1v) is 5.11. The van der Waals surface area contributed by atoms with E-state index in [1.54, 1.807) is 12.3 Å². The fourth-order valence-electron chi connectivity index (χ4n) is 0.510. The summed E-state index contributed by atoms with van der Waals surface area (Å²) in [5.74, 6) is 2.91. The molecule has 0 amide bonds. The topological polar surface area (TPSA) is 50.1 Å². The van der Waals surface area contributed by atoms with Crippen LogP contribution in [0, 0.1) is 11.3 Å². The molecule has 64 valence electrons. The highest BCUT2D eigenvalue weighted by atomic mass is 32.2. The van der Waals surface area contributed by atoms with Gasteiger partial charge >= 0.3 is 5.97 Å². The van der Waals surface area contributed by atoms with E-state index in [-0.39, 0.29) is 5.57 Å². The molecule has 0 aromatic carbocycles. The van der Waals surface area contributed by atoms with Crippen molar-refractivity contribution in [3.05, 3.63) is 9.81 Å². The SMILES string of the molecule is C=[S+]/C(SC)=C(\C#N)C(=O)OC. The zero-order valence-corrected chi connectivity index (χ0v) is 8.42. The molecule has 0 aliphatic rings. The summed E-state index contributed by atoms with van der Waals surface area (Å²) < 4.78 is 4.99. The van der Waals surface area contributed by atoms with Crippen molar-refractivity contribution < 1.29 is 9.53 Å². The van der Waals surface area contributed by atoms with E-state index in [1.165, 1.54) is 18.9 Å². The molecule has 0 atom stereocenters. The number of thioether (sulfide) groups is 1. The molecule has 0 spiro atoms. The summed E-state index contributed by atoms with van der Waals surface area (Å²) >= 11 is 2.42. The quantitative estimate of drug-likeness (QED) is 0.223. The fraction of sp³-hybridized carbons (Fsp3) is 0.286. The molecule has 0 unspecified atom stereocenters. The number of carbonyl (C=O) groups is 1. The van der Waals surface area contributed by atoms with E-state index in [1.807, 2.05) is 0 Å². The Hall–Kier alpha value is -0.860. The number of esters is 1. The van der Waals surface area contributed by atoms with E-state index in [0.717, 1.165) is 11.4 Å². The second-order valence-electron chi connectivity index (χ2n) is 1.61. The molecule has 0 fully saturated rings. The maximum atomic E-state index is 10.9. The van der Waals surface area contributed by atoms with Crippen LogP contribution in [-0.2, 0) is 20.9 Å². The van der Waals surface area contributed by atoms with E-state index in [4.69, 9.17) is 5.26 Å². The van der Waals surface area contributed by atoms with Crippen LogP contribution in [0.5, 0.6) is 0 Å². The van der Waals surface area contributed by atoms with Crippen molar-refractivity contribution in [3.63, 3.8) is 0 Å². The van der Waals surface area contributed by atoms with Crippen LogP contribution in [0.3, 0.4) is 0 Å². The van der Waals surface area contributed by atoms with Gasteiger partial charge in [-0.1, -0.05) is 11.8 Å². The molecule has 0 aliphatic carbocycles. The van der Waals surface area contributed by atoms with Crippen molar-refractivity contribution in [2.24, 2.45) is 0 Å². The average Bonchev–Trinajstić information content (AvgIpc) is 2.12. The third-order valence-electron chi connectivity index (χ3n) is 1.02. The van der Waals surface area contributed by atoms with E-state index in [9.17, 15) is 4.79 Å². The van der Waals surface area contributed by atoms with Gasteiger partial charge in [-0.05, 0) is 6.26 Å². The summed E-state index contributed by atoms with van der Waals surface area (Å²) in [6, 6.07) is 1.78. The van der Waals surface area contributed by atoms with Crippen LogP contribution in [0.4, 0.5) is 0 Å². The molecule has 0 N–H and O–H groups in total. The predicted octanol–water partition coefficient (Wildman–Crippen LogP) is 0.772. The summed E-state index contributed by atoms with van der Waals surface area (Å²) in [4.78, 5) is 10.9. The number of methoxy groups -OCH3 is 1. The minimum absolute atomic E-state index is 0.0185. The second-order valence-corrected chi connectivity index (χ2v) is 3.39. The number of hydrogen-bond donors (Lipinski definition) is 0. The summed E-state index contributed by atoms with van der Waals surface area (Å²) in [6.45, 7) is 0. The lowest BCUT2D eigenvalue weighted by atomic mass is 10.3. The number of carbonyl (C=O) groups excluding carboxylic acids is 1. The van der Waals surface area contributed by atoms with E-state index in [0.29, 0.717) is 4.24 Å². The minimum atomic E-state index is -0.613. The third kappa shape index (κ3) is 2.64. The van der Waals surface area contributed by atoms with Gasteiger partial charge in [0.2, 0.25) is 16.9 Å². The van der Waals surface area contributed by atoms with Gasteiger partial charge < -0.3 is 4.74 Å². The van der Waals surface area contributed by atoms with Gasteiger partial charge in [0.05, 0.1) is 7.11 Å². The third-order valence-corrected chi connectivity index (χ3v) is 2.92. The zero-order chi connectivity index (χ0) is 9.56. The lowest BCUT2D eigenvalue weighted by Crippen LogP contribution is -2.04. The molecule has 5 heteroatoms. The highest BCUT2D eigenvalue weighted by Gasteiger charge is 2.21. The molecule has 0 aromatic rings. The van der Waals surface area contributed by atoms with Crippen LogP contribution in [0.15, 0.2) is 9.81 Å². The average molecular weight is 202 g/mol. The molecule has 0 saturated heterocycles. The molecule has 0 saturated carbocycles. The molecule has 0 aliphatic heterocycles. The minimum Gasteiger partial charge on any atom is -0.465 e. The van der Waals surface area contributed by atoms with Gasteiger partial charge in [0.1, 0.15) is 6.07 Å². The lowest BCUT2D eigenvalue weighted by Gasteiger charge is -1.92. The highest BCUT2D eigenvalue weighted by Crippen LogP contribution is 2.16. The molecule has 0 radical (unpaired) electrons. The lowest BCUT2D eigenvalue weighted by molar-refractivity contribution is -0.135. The van der Waals surface area contributed by atoms with Crippen molar-refractivity contribution in [2.45, 2.75) is 0 Å². The second kappa shape index (κ2) is 5.75. The maximum Gasteiger partial charge on any atom is 0.355 e. The van der Waals surface area contributed by atoms with Gasteiger partial charge in [0, 0.05) is 0 Å². The van der Waals surface area contributed by atoms with Crippen molar-refractivity contribution in [1.82, 2.24) is 0 Å². The largest absolute Gasteiger partial charge is 0.465 e. The Morgan fingerprint density at radius 2 is 2.33 bits per heavy atom. The van der Waals surface area contributed by atoms with Gasteiger partial charge in [0.15, 0.2) is 5.87 Å². The van der Waals surface area contributed by atoms with Crippen LogP contribution in [0.25, 0.3) is 0 Å². The normalized spacial score (nSPS) is 11.1. The first-order valence-electron chi connectivity index (χ1n) is 2.90. The Morgan fingerprint density at radius 1 is 1.75 bits per heavy atom. The van der Waals surface area contributed by atoms with Crippen LogP contribution < -0.4 is 0 Å². The van der Waals surface area contributed by atoms with Gasteiger partial charge in [0.25, 0.3) is 4.24 Å². The number of ether oxygens (including phenoxy) is 1. The summed E-state index contributed by atoms with van der Waals surface area (Å²) in [7, 11) is 1.24. The zero-order valence-electron chi connectivity index (χ0n) is 6.79. The van der Waals surface area contributed by atoms with E-state index in [2.05, 4.69) is 10.6 Å². The molecule has 12 heavy (non-hydrogen) atoms. The van der Waals surface area contributed by atoms with Gasteiger partial charge in [-0.25, -0.2) is 4.79 Å². The van der Waals surface area contributed by atoms with Crippen LogP contribution in [0.2, 0.25) is 0 Å². The van der Waals surface area contributed by atoms with Gasteiger partial charge in [-0.2, -0.15) is 5.26 Å². The summed E-state index contributed by atoms with van der Waals surface area (Å²) in [5.41, 5.74) is 0.0185. The Morgan fingerprint density at radius 3 is 2.58 bits per heavy atom. The fourth-order valence-corrected chi connectivity index (χ4v) is 1.59. The molecular formula is C7H8NO2S2+. The first-order chi connectivity index (χ1) is 5.71. The van der Waals surface area contributed by atoms with Crippen molar-refractivity contribution >= 4 is 35.0 Å². The monoisotopic (exact) mass is 202 g/mol. The Bertz CT molecular complexity index is 265. The van der Waals surface area contributed by atoms with Crippen molar-refractivity contribution in [1.29, 1.82) is 5.26 Å².